The number of nitrogens with one attached hydrogen (secondary N) is 1. The Hall–Kier alpha value is -0.950. The molecule has 1 aliphatic heterocycles. The molecule has 101 valence electrons. The van der Waals surface area contributed by atoms with Crippen LogP contribution in [0.5, 0.6) is 0 Å². The average molecular weight is 252 g/mol. The van der Waals surface area contributed by atoms with E-state index in [1.807, 2.05) is 0 Å². The van der Waals surface area contributed by atoms with Crippen LogP contribution in [0, 0.1) is 5.92 Å². The van der Waals surface area contributed by atoms with Gasteiger partial charge in [-0.1, -0.05) is 0 Å². The highest BCUT2D eigenvalue weighted by atomic mass is 16.3. The largest absolute Gasteiger partial charge is 0.396 e. The molecule has 0 spiro atoms. The molecular weight excluding hydrogens is 230 g/mol. The van der Waals surface area contributed by atoms with E-state index in [2.05, 4.69) is 20.2 Å². The SMILES string of the molecule is NC(CN1CC[N]CC1)C(CO)Cc1ncc[nH]1. The summed E-state index contributed by atoms with van der Waals surface area (Å²) < 4.78 is 0. The van der Waals surface area contributed by atoms with E-state index >= 15 is 0 Å². The van der Waals surface area contributed by atoms with E-state index in [4.69, 9.17) is 5.73 Å². The topological polar surface area (TPSA) is 92.3 Å². The molecule has 0 aliphatic carbocycles. The Balaban J connectivity index is 1.82. The number of hydrogen-bond acceptors (Lipinski definition) is 4. The Morgan fingerprint density at radius 1 is 1.44 bits per heavy atom. The van der Waals surface area contributed by atoms with Gasteiger partial charge >= 0.3 is 0 Å². The highest BCUT2D eigenvalue weighted by Crippen LogP contribution is 2.09. The minimum atomic E-state index is -0.0294. The van der Waals surface area contributed by atoms with Crippen LogP contribution in [0.15, 0.2) is 12.4 Å². The molecule has 1 aromatic rings. The number of aromatic amines is 1. The number of hydrogen-bond donors (Lipinski definition) is 3. The van der Waals surface area contributed by atoms with Crippen molar-refractivity contribution in [3.05, 3.63) is 18.2 Å². The van der Waals surface area contributed by atoms with E-state index in [0.29, 0.717) is 6.42 Å². The standard InChI is InChI=1S/C12H22N5O/c13-11(8-17-5-3-14-4-6-17)10(9-18)7-12-15-1-2-16-12/h1-2,10-11,18H,3-9,13H2,(H,15,16). The lowest BCUT2D eigenvalue weighted by Crippen LogP contribution is -2.49. The van der Waals surface area contributed by atoms with E-state index < -0.39 is 0 Å². The Bertz CT molecular complexity index is 323. The molecule has 2 atom stereocenters. The Labute approximate surface area is 108 Å². The molecule has 18 heavy (non-hydrogen) atoms. The molecular formula is C12H22N5O. The summed E-state index contributed by atoms with van der Waals surface area (Å²) in [4.78, 5) is 9.56. The lowest BCUT2D eigenvalue weighted by Gasteiger charge is -2.31. The molecule has 0 amide bonds. The van der Waals surface area contributed by atoms with Crippen LogP contribution in [0.4, 0.5) is 0 Å². The summed E-state index contributed by atoms with van der Waals surface area (Å²) in [6, 6.07) is -0.0294. The van der Waals surface area contributed by atoms with Crippen LogP contribution in [0.3, 0.4) is 0 Å². The Kier molecular flexibility index (Phi) is 5.12. The van der Waals surface area contributed by atoms with Crippen molar-refractivity contribution in [2.45, 2.75) is 12.5 Å². The molecule has 1 radical (unpaired) electrons. The van der Waals surface area contributed by atoms with Gasteiger partial charge in [-0.3, -0.25) is 4.90 Å². The van der Waals surface area contributed by atoms with Crippen LogP contribution >= 0.6 is 0 Å². The fourth-order valence-corrected chi connectivity index (χ4v) is 2.29. The number of aliphatic hydroxyl groups is 1. The first-order valence-electron chi connectivity index (χ1n) is 6.50. The molecule has 2 rings (SSSR count). The summed E-state index contributed by atoms with van der Waals surface area (Å²) in [5, 5.41) is 13.8. The number of nitrogens with two attached hydrogens (primary N) is 1. The van der Waals surface area contributed by atoms with Crippen LogP contribution in [0.1, 0.15) is 5.82 Å². The van der Waals surface area contributed by atoms with Crippen LogP contribution in [0.2, 0.25) is 0 Å². The predicted molar refractivity (Wildman–Crippen MR) is 69.2 cm³/mol. The van der Waals surface area contributed by atoms with Gasteiger partial charge in [-0.15, -0.1) is 0 Å². The van der Waals surface area contributed by atoms with Crippen molar-refractivity contribution in [2.75, 3.05) is 39.3 Å². The van der Waals surface area contributed by atoms with E-state index in [1.165, 1.54) is 0 Å². The lowest BCUT2D eigenvalue weighted by atomic mass is 9.96. The molecule has 1 saturated heterocycles. The fourth-order valence-electron chi connectivity index (χ4n) is 2.29. The Morgan fingerprint density at radius 3 is 2.83 bits per heavy atom. The van der Waals surface area contributed by atoms with Gasteiger partial charge in [0.05, 0.1) is 0 Å². The van der Waals surface area contributed by atoms with E-state index in [-0.39, 0.29) is 18.6 Å². The maximum absolute atomic E-state index is 9.47. The number of aromatic nitrogens is 2. The zero-order valence-electron chi connectivity index (χ0n) is 10.6. The van der Waals surface area contributed by atoms with Gasteiger partial charge in [-0.05, 0) is 0 Å². The van der Waals surface area contributed by atoms with Gasteiger partial charge in [0.1, 0.15) is 5.82 Å². The fraction of sp³-hybridized carbons (Fsp3) is 0.750. The highest BCUT2D eigenvalue weighted by Gasteiger charge is 2.22. The second-order valence-electron chi connectivity index (χ2n) is 4.82. The van der Waals surface area contributed by atoms with Crippen molar-refractivity contribution in [3.8, 4) is 0 Å². The van der Waals surface area contributed by atoms with Gasteiger partial charge in [0.2, 0.25) is 0 Å². The maximum atomic E-state index is 9.47. The third-order valence-electron chi connectivity index (χ3n) is 3.47. The summed E-state index contributed by atoms with van der Waals surface area (Å²) in [6.07, 6.45) is 4.21. The number of nitrogens with zero attached hydrogens (tertiary/aromatic N) is 3. The molecule has 1 aliphatic rings. The van der Waals surface area contributed by atoms with E-state index in [1.54, 1.807) is 12.4 Å². The summed E-state index contributed by atoms with van der Waals surface area (Å²) in [5.74, 6) is 0.938. The van der Waals surface area contributed by atoms with Crippen molar-refractivity contribution < 1.29 is 5.11 Å². The molecule has 1 fully saturated rings. The molecule has 0 aromatic carbocycles. The third kappa shape index (κ3) is 3.78. The van der Waals surface area contributed by atoms with Crippen LogP contribution in [-0.4, -0.2) is 65.3 Å². The van der Waals surface area contributed by atoms with Gasteiger partial charge in [-0.2, -0.15) is 0 Å². The molecule has 4 N–H and O–H groups in total. The monoisotopic (exact) mass is 252 g/mol. The first-order valence-corrected chi connectivity index (χ1v) is 6.50. The molecule has 1 aromatic heterocycles. The van der Waals surface area contributed by atoms with Crippen molar-refractivity contribution >= 4 is 0 Å². The first kappa shape index (κ1) is 13.5. The molecule has 0 saturated carbocycles. The third-order valence-corrected chi connectivity index (χ3v) is 3.47. The van der Waals surface area contributed by atoms with Gasteiger partial charge in [0.15, 0.2) is 0 Å². The minimum Gasteiger partial charge on any atom is -0.396 e. The lowest BCUT2D eigenvalue weighted by molar-refractivity contribution is 0.159. The van der Waals surface area contributed by atoms with E-state index in [0.717, 1.165) is 38.5 Å². The molecule has 2 heterocycles. The highest BCUT2D eigenvalue weighted by molar-refractivity contribution is 4.92. The second-order valence-corrected chi connectivity index (χ2v) is 4.82. The summed E-state index contributed by atoms with van der Waals surface area (Å²) >= 11 is 0. The quantitative estimate of drug-likeness (QED) is 0.593. The van der Waals surface area contributed by atoms with Gasteiger partial charge < -0.3 is 15.8 Å². The van der Waals surface area contributed by atoms with Crippen LogP contribution in [0.25, 0.3) is 0 Å². The van der Waals surface area contributed by atoms with Gasteiger partial charge in [0.25, 0.3) is 0 Å². The minimum absolute atomic E-state index is 0.0294. The van der Waals surface area contributed by atoms with Crippen molar-refractivity contribution in [3.63, 3.8) is 0 Å². The normalized spacial score (nSPS) is 20.8. The summed E-state index contributed by atoms with van der Waals surface area (Å²) in [7, 11) is 0. The summed E-state index contributed by atoms with van der Waals surface area (Å²) in [6.45, 7) is 4.67. The number of rotatable bonds is 6. The smallest absolute Gasteiger partial charge is 0.106 e. The zero-order chi connectivity index (χ0) is 12.8. The summed E-state index contributed by atoms with van der Waals surface area (Å²) in [5.41, 5.74) is 6.20. The maximum Gasteiger partial charge on any atom is 0.106 e. The van der Waals surface area contributed by atoms with Crippen molar-refractivity contribution in [2.24, 2.45) is 11.7 Å². The zero-order valence-corrected chi connectivity index (χ0v) is 10.6. The molecule has 6 heteroatoms. The predicted octanol–water partition coefficient (Wildman–Crippen LogP) is -1.19. The number of imidazole rings is 1. The molecule has 6 nitrogen and oxygen atoms in total. The van der Waals surface area contributed by atoms with Crippen molar-refractivity contribution in [1.82, 2.24) is 20.2 Å². The Morgan fingerprint density at radius 2 is 2.22 bits per heavy atom. The average Bonchev–Trinajstić information content (AvgIpc) is 2.90. The number of H-pyrrole nitrogens is 1. The molecule has 0 bridgehead atoms. The van der Waals surface area contributed by atoms with Gasteiger partial charge in [0, 0.05) is 70.1 Å². The van der Waals surface area contributed by atoms with Crippen LogP contribution < -0.4 is 11.1 Å². The second kappa shape index (κ2) is 6.84. The number of aliphatic hydroxyl groups excluding tert-OH is 1. The van der Waals surface area contributed by atoms with Crippen molar-refractivity contribution in [1.29, 1.82) is 0 Å². The van der Waals surface area contributed by atoms with E-state index in [9.17, 15) is 5.11 Å². The van der Waals surface area contributed by atoms with Gasteiger partial charge in [-0.25, -0.2) is 10.3 Å². The number of piperazine rings is 1. The molecule has 2 unspecified atom stereocenters. The first-order chi connectivity index (χ1) is 8.79. The van der Waals surface area contributed by atoms with Crippen LogP contribution in [-0.2, 0) is 6.42 Å².